The van der Waals surface area contributed by atoms with Crippen molar-refractivity contribution >= 4 is 140 Å². The molecule has 0 fully saturated rings. The number of benzene rings is 12. The van der Waals surface area contributed by atoms with Crippen molar-refractivity contribution in [3.63, 3.8) is 0 Å². The number of hydrogen-bond acceptors (Lipinski definition) is 7. The van der Waals surface area contributed by atoms with Crippen LogP contribution in [0, 0.1) is 0 Å². The molecule has 0 bridgehead atoms. The summed E-state index contributed by atoms with van der Waals surface area (Å²) in [5, 5.41) is 18.3. The van der Waals surface area contributed by atoms with Gasteiger partial charge in [0.25, 0.3) is 0 Å². The molecule has 0 amide bonds. The Morgan fingerprint density at radius 1 is 0.338 bits per heavy atom. The molecule has 0 atom stereocenters. The average Bonchev–Trinajstić information content (AvgIpc) is 4.47. The number of furan rings is 1. The van der Waals surface area contributed by atoms with Crippen molar-refractivity contribution < 1.29 is 4.42 Å². The van der Waals surface area contributed by atoms with E-state index in [1.807, 2.05) is 66.2 Å². The van der Waals surface area contributed by atoms with Crippen LogP contribution in [0.1, 0.15) is 0 Å². The molecule has 370 valence electrons. The van der Waals surface area contributed by atoms with Gasteiger partial charge in [-0.15, -0.1) is 11.3 Å². The van der Waals surface area contributed by atoms with E-state index < -0.39 is 0 Å². The minimum atomic E-state index is 0.539. The Morgan fingerprint density at radius 3 is 1.76 bits per heavy atom. The first-order valence-electron chi connectivity index (χ1n) is 26.8. The lowest BCUT2D eigenvalue weighted by molar-refractivity contribution is 0.673. The van der Waals surface area contributed by atoms with Crippen LogP contribution in [-0.2, 0) is 0 Å². The molecule has 80 heavy (non-hydrogen) atoms. The van der Waals surface area contributed by atoms with Gasteiger partial charge >= 0.3 is 0 Å². The molecule has 0 saturated carbocycles. The molecule has 6 aromatic heterocycles. The Kier molecular flexibility index (Phi) is 8.94. The van der Waals surface area contributed by atoms with Gasteiger partial charge in [0.15, 0.2) is 11.6 Å². The summed E-state index contributed by atoms with van der Waals surface area (Å²) in [4.78, 5) is 25.4. The number of nitrogens with zero attached hydrogens (tertiary/aromatic N) is 7. The molecule has 0 spiro atoms. The number of aromatic nitrogens is 7. The molecule has 0 saturated heterocycles. The van der Waals surface area contributed by atoms with Crippen molar-refractivity contribution in [1.82, 2.24) is 34.1 Å². The summed E-state index contributed by atoms with van der Waals surface area (Å²) in [6, 6.07) is 80.2. The standard InChI is InChI=1S/C71H39N7OS/c1-3-14-41(15-4-1)68-74-69(42-16-5-2-6-17-42)76-71(75-68)78-62-36-58-52-28-23-40-13-9-10-20-49(40)66(52)79-63(58)38-56(62)51-27-25-46-33-45(24-26-48(46)65(51)78)47-21-11-22-53-50(47)29-30-54-59-37-61-57(39-64(59)80-67(53)54)55-34-43-18-7-8-19-44(43)35-60(55)77(61)70-72-31-12-32-73-70/h1-39H. The van der Waals surface area contributed by atoms with Gasteiger partial charge < -0.3 is 4.42 Å². The van der Waals surface area contributed by atoms with Crippen LogP contribution in [0.3, 0.4) is 0 Å². The molecule has 0 unspecified atom stereocenters. The van der Waals surface area contributed by atoms with Gasteiger partial charge in [-0.2, -0.15) is 9.97 Å². The molecular formula is C71H39N7OS. The molecule has 0 aliphatic rings. The van der Waals surface area contributed by atoms with Crippen LogP contribution in [0.4, 0.5) is 0 Å². The molecule has 6 heterocycles. The van der Waals surface area contributed by atoms with Gasteiger partial charge in [-0.25, -0.2) is 15.0 Å². The first-order chi connectivity index (χ1) is 39.6. The van der Waals surface area contributed by atoms with Crippen molar-refractivity contribution in [2.24, 2.45) is 0 Å². The van der Waals surface area contributed by atoms with Gasteiger partial charge in [0.05, 0.1) is 22.1 Å². The molecule has 0 aliphatic heterocycles. The van der Waals surface area contributed by atoms with E-state index in [4.69, 9.17) is 29.3 Å². The Hall–Kier alpha value is -10.6. The summed E-state index contributed by atoms with van der Waals surface area (Å²) in [7, 11) is 0. The summed E-state index contributed by atoms with van der Waals surface area (Å²) in [5.41, 5.74) is 10.0. The predicted molar refractivity (Wildman–Crippen MR) is 331 cm³/mol. The minimum Gasteiger partial charge on any atom is -0.455 e. The Balaban J connectivity index is 0.847. The highest BCUT2D eigenvalue weighted by Crippen LogP contribution is 2.47. The fourth-order valence-electron chi connectivity index (χ4n) is 12.8. The van der Waals surface area contributed by atoms with E-state index in [0.717, 1.165) is 93.0 Å². The van der Waals surface area contributed by atoms with E-state index >= 15 is 0 Å². The SMILES string of the molecule is c1ccc(-c2nc(-c3ccccc3)nc(-n3c4cc5c(cc4c4ccc6cc(-c7cccc8c7ccc7c9cc%10c(cc9sc87)c7cc8ccccc8cc7n%10-c7ncccn7)ccc6c43)oc3c4ccccc4ccc53)n2)cc1. The van der Waals surface area contributed by atoms with Gasteiger partial charge in [-0.05, 0) is 92.7 Å². The van der Waals surface area contributed by atoms with Gasteiger partial charge in [0, 0.05) is 92.2 Å². The maximum Gasteiger partial charge on any atom is 0.238 e. The predicted octanol–water partition coefficient (Wildman–Crippen LogP) is 18.7. The first kappa shape index (κ1) is 43.5. The van der Waals surface area contributed by atoms with Crippen LogP contribution in [0.15, 0.2) is 241 Å². The molecule has 18 aromatic rings. The summed E-state index contributed by atoms with van der Waals surface area (Å²) in [6.45, 7) is 0. The van der Waals surface area contributed by atoms with E-state index in [1.54, 1.807) is 0 Å². The van der Waals surface area contributed by atoms with E-state index in [9.17, 15) is 0 Å². The van der Waals surface area contributed by atoms with Crippen molar-refractivity contribution in [3.8, 4) is 45.8 Å². The third-order valence-electron chi connectivity index (χ3n) is 16.4. The minimum absolute atomic E-state index is 0.539. The molecule has 12 aromatic carbocycles. The van der Waals surface area contributed by atoms with E-state index in [-0.39, 0.29) is 0 Å². The lowest BCUT2D eigenvalue weighted by Crippen LogP contribution is -2.06. The monoisotopic (exact) mass is 1040 g/mol. The first-order valence-corrected chi connectivity index (χ1v) is 27.6. The number of rotatable bonds is 5. The zero-order valence-corrected chi connectivity index (χ0v) is 43.3. The summed E-state index contributed by atoms with van der Waals surface area (Å²) < 4.78 is 13.8. The Morgan fingerprint density at radius 2 is 0.950 bits per heavy atom. The van der Waals surface area contributed by atoms with Crippen molar-refractivity contribution in [2.45, 2.75) is 0 Å². The maximum atomic E-state index is 6.83. The van der Waals surface area contributed by atoms with Crippen LogP contribution >= 0.6 is 11.3 Å². The lowest BCUT2D eigenvalue weighted by atomic mass is 9.94. The second-order valence-electron chi connectivity index (χ2n) is 20.8. The highest BCUT2D eigenvalue weighted by Gasteiger charge is 2.24. The average molecular weight is 1040 g/mol. The van der Waals surface area contributed by atoms with Crippen molar-refractivity contribution in [2.75, 3.05) is 0 Å². The largest absolute Gasteiger partial charge is 0.455 e. The van der Waals surface area contributed by atoms with E-state index in [2.05, 4.69) is 191 Å². The highest BCUT2D eigenvalue weighted by molar-refractivity contribution is 7.26. The summed E-state index contributed by atoms with van der Waals surface area (Å²) >= 11 is 1.87. The quantitative estimate of drug-likeness (QED) is 0.171. The topological polar surface area (TPSA) is 87.5 Å². The third-order valence-corrected chi connectivity index (χ3v) is 17.6. The van der Waals surface area contributed by atoms with Gasteiger partial charge in [0.1, 0.15) is 11.2 Å². The molecule has 0 aliphatic carbocycles. The fraction of sp³-hybridized carbons (Fsp3) is 0. The zero-order valence-electron chi connectivity index (χ0n) is 42.5. The zero-order chi connectivity index (χ0) is 52.2. The normalized spacial score (nSPS) is 12.2. The van der Waals surface area contributed by atoms with E-state index in [0.29, 0.717) is 23.5 Å². The van der Waals surface area contributed by atoms with Crippen molar-refractivity contribution in [3.05, 3.63) is 237 Å². The second-order valence-corrected chi connectivity index (χ2v) is 21.8. The highest BCUT2D eigenvalue weighted by atomic mass is 32.1. The third kappa shape index (κ3) is 6.29. The van der Waals surface area contributed by atoms with Crippen LogP contribution in [-0.4, -0.2) is 34.1 Å². The summed E-state index contributed by atoms with van der Waals surface area (Å²) in [6.07, 6.45) is 3.64. The maximum absolute atomic E-state index is 6.83. The number of hydrogen-bond donors (Lipinski definition) is 0. The number of thiophene rings is 1. The number of fused-ring (bicyclic) bond motifs is 19. The molecule has 9 heteroatoms. The smallest absolute Gasteiger partial charge is 0.238 e. The second kappa shape index (κ2) is 16.5. The van der Waals surface area contributed by atoms with Gasteiger partial charge in [-0.3, -0.25) is 9.13 Å². The lowest BCUT2D eigenvalue weighted by Gasteiger charge is -2.13. The van der Waals surface area contributed by atoms with Crippen molar-refractivity contribution in [1.29, 1.82) is 0 Å². The molecule has 0 N–H and O–H groups in total. The molecule has 18 rings (SSSR count). The van der Waals surface area contributed by atoms with Crippen LogP contribution in [0.2, 0.25) is 0 Å². The Bertz CT molecular complexity index is 5610. The molecular weight excluding hydrogens is 999 g/mol. The molecule has 8 nitrogen and oxygen atoms in total. The fourth-order valence-corrected chi connectivity index (χ4v) is 14.0. The molecule has 0 radical (unpaired) electrons. The van der Waals surface area contributed by atoms with Gasteiger partial charge in [0.2, 0.25) is 11.9 Å². The Labute approximate surface area is 458 Å². The van der Waals surface area contributed by atoms with Crippen LogP contribution in [0.5, 0.6) is 0 Å². The van der Waals surface area contributed by atoms with Crippen LogP contribution in [0.25, 0.3) is 175 Å². The van der Waals surface area contributed by atoms with E-state index in [1.165, 1.54) is 58.1 Å². The summed E-state index contributed by atoms with van der Waals surface area (Å²) in [5.74, 6) is 2.40. The van der Waals surface area contributed by atoms with Crippen LogP contribution < -0.4 is 0 Å². The van der Waals surface area contributed by atoms with Gasteiger partial charge in [-0.1, -0.05) is 170 Å².